The van der Waals surface area contributed by atoms with Crippen LogP contribution < -0.4 is 4.74 Å². The number of aliphatic hydroxyl groups is 1. The zero-order valence-electron chi connectivity index (χ0n) is 10.7. The fourth-order valence-corrected chi connectivity index (χ4v) is 1.98. The minimum Gasteiger partial charge on any atom is -0.489 e. The maximum absolute atomic E-state index is 13.6. The van der Waals surface area contributed by atoms with E-state index in [4.69, 9.17) is 16.3 Å². The molecule has 106 valence electrons. The molecule has 0 saturated heterocycles. The van der Waals surface area contributed by atoms with E-state index in [0.717, 1.165) is 6.07 Å². The Labute approximate surface area is 120 Å². The molecule has 20 heavy (non-hydrogen) atoms. The van der Waals surface area contributed by atoms with E-state index >= 15 is 0 Å². The van der Waals surface area contributed by atoms with E-state index in [1.807, 2.05) is 0 Å². The number of hydrogen-bond acceptors (Lipinski definition) is 2. The number of benzene rings is 2. The molecule has 0 aliphatic rings. The highest BCUT2D eigenvalue weighted by atomic mass is 35.5. The van der Waals surface area contributed by atoms with E-state index in [9.17, 15) is 13.9 Å². The third-order valence-electron chi connectivity index (χ3n) is 2.87. The summed E-state index contributed by atoms with van der Waals surface area (Å²) in [5.41, 5.74) is 0.399. The molecule has 0 spiro atoms. The molecule has 0 bridgehead atoms. The summed E-state index contributed by atoms with van der Waals surface area (Å²) in [5.74, 6) is -0.804. The van der Waals surface area contributed by atoms with Crippen LogP contribution in [0.2, 0.25) is 5.02 Å². The molecule has 2 rings (SSSR count). The highest BCUT2D eigenvalue weighted by Crippen LogP contribution is 2.24. The van der Waals surface area contributed by atoms with Crippen LogP contribution in [0.3, 0.4) is 0 Å². The molecule has 0 saturated carbocycles. The Balaban J connectivity index is 2.14. The molecule has 0 fully saturated rings. The quantitative estimate of drug-likeness (QED) is 0.914. The molecule has 0 aliphatic heterocycles. The van der Waals surface area contributed by atoms with Crippen molar-refractivity contribution in [2.24, 2.45) is 0 Å². The van der Waals surface area contributed by atoms with Gasteiger partial charge in [0.05, 0.1) is 11.1 Å². The molecular formula is C15H13ClF2O2. The first-order valence-corrected chi connectivity index (χ1v) is 6.40. The largest absolute Gasteiger partial charge is 0.489 e. The Morgan fingerprint density at radius 2 is 1.95 bits per heavy atom. The van der Waals surface area contributed by atoms with Gasteiger partial charge in [-0.25, -0.2) is 8.78 Å². The van der Waals surface area contributed by atoms with Crippen molar-refractivity contribution in [3.8, 4) is 5.75 Å². The Bertz CT molecular complexity index is 595. The normalized spacial score (nSPS) is 12.2. The number of hydrogen-bond donors (Lipinski definition) is 1. The highest BCUT2D eigenvalue weighted by Gasteiger charge is 2.11. The lowest BCUT2D eigenvalue weighted by Crippen LogP contribution is -2.01. The summed E-state index contributed by atoms with van der Waals surface area (Å²) in [6.07, 6.45) is -0.898. The van der Waals surface area contributed by atoms with Gasteiger partial charge >= 0.3 is 0 Å². The first-order chi connectivity index (χ1) is 9.49. The van der Waals surface area contributed by atoms with Crippen LogP contribution in [-0.4, -0.2) is 5.11 Å². The van der Waals surface area contributed by atoms with E-state index in [-0.39, 0.29) is 28.5 Å². The van der Waals surface area contributed by atoms with Crippen LogP contribution in [0, 0.1) is 11.6 Å². The van der Waals surface area contributed by atoms with Gasteiger partial charge in [-0.2, -0.15) is 0 Å². The minimum absolute atomic E-state index is 0.0982. The summed E-state index contributed by atoms with van der Waals surface area (Å²) in [6, 6.07) is 8.43. The lowest BCUT2D eigenvalue weighted by molar-refractivity contribution is 0.194. The second kappa shape index (κ2) is 6.20. The summed E-state index contributed by atoms with van der Waals surface area (Å²) in [6.45, 7) is 1.37. The molecule has 0 aliphatic carbocycles. The monoisotopic (exact) mass is 298 g/mol. The van der Waals surface area contributed by atoms with E-state index in [1.54, 1.807) is 6.07 Å². The number of ether oxygens (including phenoxy) is 1. The average Bonchev–Trinajstić information content (AvgIpc) is 2.37. The van der Waals surface area contributed by atoms with Gasteiger partial charge in [0.1, 0.15) is 24.0 Å². The number of halogens is 3. The van der Waals surface area contributed by atoms with Gasteiger partial charge in [0.2, 0.25) is 0 Å². The van der Waals surface area contributed by atoms with Crippen molar-refractivity contribution >= 4 is 11.6 Å². The topological polar surface area (TPSA) is 29.5 Å². The molecule has 1 N–H and O–H groups in total. The first kappa shape index (κ1) is 14.8. The Morgan fingerprint density at radius 1 is 1.20 bits per heavy atom. The zero-order valence-corrected chi connectivity index (χ0v) is 11.5. The fraction of sp³-hybridized carbons (Fsp3) is 0.200. The molecule has 0 radical (unpaired) electrons. The molecule has 2 aromatic rings. The summed E-state index contributed by atoms with van der Waals surface area (Å²) in [5, 5.41) is 9.58. The van der Waals surface area contributed by atoms with Crippen LogP contribution in [0.4, 0.5) is 8.78 Å². The fourth-order valence-electron chi connectivity index (χ4n) is 1.76. The van der Waals surface area contributed by atoms with Gasteiger partial charge in [-0.15, -0.1) is 0 Å². The smallest absolute Gasteiger partial charge is 0.132 e. The van der Waals surface area contributed by atoms with Crippen molar-refractivity contribution in [1.29, 1.82) is 0 Å². The van der Waals surface area contributed by atoms with E-state index in [2.05, 4.69) is 0 Å². The van der Waals surface area contributed by atoms with Crippen molar-refractivity contribution < 1.29 is 18.6 Å². The van der Waals surface area contributed by atoms with Gasteiger partial charge in [0.15, 0.2) is 0 Å². The highest BCUT2D eigenvalue weighted by molar-refractivity contribution is 6.31. The second-order valence-corrected chi connectivity index (χ2v) is 4.76. The van der Waals surface area contributed by atoms with E-state index in [0.29, 0.717) is 0 Å². The predicted molar refractivity (Wildman–Crippen MR) is 72.8 cm³/mol. The van der Waals surface area contributed by atoms with Crippen LogP contribution in [-0.2, 0) is 6.61 Å². The SMILES string of the molecule is C[C@H](O)c1ccc(OCc2c(F)cccc2Cl)cc1F. The molecular weight excluding hydrogens is 286 g/mol. The van der Waals surface area contributed by atoms with Gasteiger partial charge < -0.3 is 9.84 Å². The molecule has 0 amide bonds. The van der Waals surface area contributed by atoms with Gasteiger partial charge in [-0.1, -0.05) is 17.7 Å². The Hall–Kier alpha value is -1.65. The molecule has 0 aromatic heterocycles. The maximum atomic E-state index is 13.6. The van der Waals surface area contributed by atoms with Crippen molar-refractivity contribution in [2.75, 3.05) is 0 Å². The Morgan fingerprint density at radius 3 is 2.55 bits per heavy atom. The number of aliphatic hydroxyl groups excluding tert-OH is 1. The van der Waals surface area contributed by atoms with Crippen molar-refractivity contribution in [1.82, 2.24) is 0 Å². The summed E-state index contributed by atoms with van der Waals surface area (Å²) < 4.78 is 32.5. The average molecular weight is 299 g/mol. The van der Waals surface area contributed by atoms with Crippen LogP contribution in [0.15, 0.2) is 36.4 Å². The van der Waals surface area contributed by atoms with Gasteiger partial charge in [-0.05, 0) is 31.2 Å². The van der Waals surface area contributed by atoms with Crippen LogP contribution >= 0.6 is 11.6 Å². The van der Waals surface area contributed by atoms with E-state index in [1.165, 1.54) is 31.2 Å². The van der Waals surface area contributed by atoms with Crippen LogP contribution in [0.1, 0.15) is 24.2 Å². The second-order valence-electron chi connectivity index (χ2n) is 4.35. The third-order valence-corrected chi connectivity index (χ3v) is 3.22. The summed E-state index contributed by atoms with van der Waals surface area (Å²) in [4.78, 5) is 0. The number of rotatable bonds is 4. The van der Waals surface area contributed by atoms with E-state index < -0.39 is 17.7 Å². The van der Waals surface area contributed by atoms with Crippen molar-refractivity contribution in [3.63, 3.8) is 0 Å². The van der Waals surface area contributed by atoms with Gasteiger partial charge in [-0.3, -0.25) is 0 Å². The molecule has 2 aromatic carbocycles. The standard InChI is InChI=1S/C15H13ClF2O2/c1-9(19)11-6-5-10(7-15(11)18)20-8-12-13(16)3-2-4-14(12)17/h2-7,9,19H,8H2,1H3/t9-/m0/s1. The lowest BCUT2D eigenvalue weighted by Gasteiger charge is -2.11. The Kier molecular flexibility index (Phi) is 4.57. The molecule has 5 heteroatoms. The minimum atomic E-state index is -0.898. The summed E-state index contributed by atoms with van der Waals surface area (Å²) in [7, 11) is 0. The van der Waals surface area contributed by atoms with Crippen LogP contribution in [0.25, 0.3) is 0 Å². The molecule has 1 atom stereocenters. The van der Waals surface area contributed by atoms with Crippen molar-refractivity contribution in [2.45, 2.75) is 19.6 Å². The predicted octanol–water partition coefficient (Wildman–Crippen LogP) is 4.25. The molecule has 0 unspecified atom stereocenters. The molecule has 0 heterocycles. The van der Waals surface area contributed by atoms with Gasteiger partial charge in [0.25, 0.3) is 0 Å². The van der Waals surface area contributed by atoms with Crippen LogP contribution in [0.5, 0.6) is 5.75 Å². The first-order valence-electron chi connectivity index (χ1n) is 6.02. The molecule has 2 nitrogen and oxygen atoms in total. The third kappa shape index (κ3) is 3.26. The maximum Gasteiger partial charge on any atom is 0.132 e. The summed E-state index contributed by atoms with van der Waals surface area (Å²) >= 11 is 5.87. The van der Waals surface area contributed by atoms with Gasteiger partial charge in [0, 0.05) is 17.2 Å². The van der Waals surface area contributed by atoms with Crippen molar-refractivity contribution in [3.05, 3.63) is 64.2 Å². The lowest BCUT2D eigenvalue weighted by atomic mass is 10.1. The zero-order chi connectivity index (χ0) is 14.7.